The molecule has 52 heavy (non-hydrogen) atoms. The molecule has 0 aliphatic carbocycles. The maximum Gasteiger partial charge on any atom is 0.269 e. The van der Waals surface area contributed by atoms with Crippen LogP contribution in [0.1, 0.15) is 0 Å². The molecule has 0 heterocycles. The van der Waals surface area contributed by atoms with Gasteiger partial charge in [0.05, 0.1) is 54.0 Å². The van der Waals surface area contributed by atoms with Crippen LogP contribution < -0.4 is 49.2 Å². The molecule has 7 N–H and O–H groups in total. The molecule has 0 saturated heterocycles. The van der Waals surface area contributed by atoms with Gasteiger partial charge in [0.2, 0.25) is 6.41 Å². The third-order valence-corrected chi connectivity index (χ3v) is 7.25. The third-order valence-electron chi connectivity index (χ3n) is 6.51. The molecular formula is C30H38ClN11O7S3. The van der Waals surface area contributed by atoms with E-state index in [1.165, 1.54) is 46.2 Å². The molecule has 3 rings (SSSR count). The molecule has 0 unspecified atom stereocenters. The minimum absolute atomic E-state index is 0. The molecule has 0 bridgehead atoms. The van der Waals surface area contributed by atoms with Crippen molar-refractivity contribution in [1.82, 2.24) is 20.9 Å². The van der Waals surface area contributed by atoms with Gasteiger partial charge in [-0.1, -0.05) is 0 Å². The second-order valence-electron chi connectivity index (χ2n) is 10.6. The lowest BCUT2D eigenvalue weighted by Gasteiger charge is -2.22. The lowest BCUT2D eigenvalue weighted by molar-refractivity contribution is -0.896. The maximum atomic E-state index is 10.9. The van der Waals surface area contributed by atoms with Crippen molar-refractivity contribution < 1.29 is 36.9 Å². The number of non-ortho nitro benzene ring substituents is 3. The predicted molar refractivity (Wildman–Crippen MR) is 207 cm³/mol. The van der Waals surface area contributed by atoms with Crippen LogP contribution in [0.15, 0.2) is 72.8 Å². The zero-order valence-electron chi connectivity index (χ0n) is 28.0. The number of quaternary nitrogens is 1. The quantitative estimate of drug-likeness (QED) is 0.0411. The van der Waals surface area contributed by atoms with Gasteiger partial charge in [-0.05, 0) is 73.1 Å². The van der Waals surface area contributed by atoms with Gasteiger partial charge >= 0.3 is 0 Å². The highest BCUT2D eigenvalue weighted by atomic mass is 35.5. The van der Waals surface area contributed by atoms with E-state index in [1.807, 2.05) is 0 Å². The molecule has 280 valence electrons. The Hall–Kier alpha value is -5.35. The van der Waals surface area contributed by atoms with Crippen molar-refractivity contribution >= 4 is 92.5 Å². The standard InChI is InChI=1S/C27H30N10O6S3.C3H7NO.ClH/c38-35(39)22-7-1-19(2-8-22)31-25(44)28-13-16-34(17-14-29-26(45)32-20-3-9-23(10-4-20)36(40)41)18-15-30-27(46)33-21-5-11-24(12-6-21)37(42)43;1-4(2)3-5;/h1-12H,13-18H2,(H2,28,31,44)(H2,29,32,45)(H2,30,33,46);3H,1-2H3;1H. The van der Waals surface area contributed by atoms with Crippen LogP contribution in [0.25, 0.3) is 0 Å². The van der Waals surface area contributed by atoms with Gasteiger partial charge < -0.3 is 54.1 Å². The second-order valence-corrected chi connectivity index (χ2v) is 11.8. The topological polar surface area (TPSA) is 226 Å². The van der Waals surface area contributed by atoms with E-state index in [0.29, 0.717) is 71.7 Å². The van der Waals surface area contributed by atoms with Crippen molar-refractivity contribution in [2.24, 2.45) is 0 Å². The summed E-state index contributed by atoms with van der Waals surface area (Å²) in [5.41, 5.74) is 1.79. The molecule has 3 aromatic carbocycles. The Balaban J connectivity index is 0.00000210. The minimum atomic E-state index is -0.474. The van der Waals surface area contributed by atoms with Gasteiger partial charge in [0.1, 0.15) is 0 Å². The summed E-state index contributed by atoms with van der Waals surface area (Å²) in [6.07, 6.45) is 0.750. The lowest BCUT2D eigenvalue weighted by Crippen LogP contribution is -3.14. The maximum absolute atomic E-state index is 10.9. The van der Waals surface area contributed by atoms with Crippen molar-refractivity contribution in [3.63, 3.8) is 0 Å². The number of anilines is 3. The van der Waals surface area contributed by atoms with E-state index in [4.69, 9.17) is 36.7 Å². The van der Waals surface area contributed by atoms with Gasteiger partial charge in [-0.3, -0.25) is 35.1 Å². The molecule has 1 amide bonds. The summed E-state index contributed by atoms with van der Waals surface area (Å²) in [5, 5.41) is 52.1. The van der Waals surface area contributed by atoms with Gasteiger partial charge in [0, 0.05) is 67.6 Å². The minimum Gasteiger partial charge on any atom is -1.00 e. The summed E-state index contributed by atoms with van der Waals surface area (Å²) in [6, 6.07) is 17.8. The number of halogens is 1. The predicted octanol–water partition coefficient (Wildman–Crippen LogP) is -0.736. The fraction of sp³-hybridized carbons (Fsp3) is 0.267. The van der Waals surface area contributed by atoms with Crippen molar-refractivity contribution in [3.8, 4) is 0 Å². The van der Waals surface area contributed by atoms with Crippen molar-refractivity contribution in [2.75, 3.05) is 69.3 Å². The van der Waals surface area contributed by atoms with E-state index in [-0.39, 0.29) is 29.5 Å². The number of nitrogens with zero attached hydrogens (tertiary/aromatic N) is 4. The molecule has 0 aliphatic heterocycles. The Labute approximate surface area is 321 Å². The summed E-state index contributed by atoms with van der Waals surface area (Å²) < 4.78 is 0. The molecule has 22 heteroatoms. The lowest BCUT2D eigenvalue weighted by atomic mass is 10.3. The van der Waals surface area contributed by atoms with Crippen LogP contribution in [-0.4, -0.2) is 94.8 Å². The second kappa shape index (κ2) is 23.9. The smallest absolute Gasteiger partial charge is 0.269 e. The Kier molecular flexibility index (Phi) is 20.6. The van der Waals surface area contributed by atoms with E-state index in [0.717, 1.165) is 6.41 Å². The molecule has 0 saturated carbocycles. The van der Waals surface area contributed by atoms with Crippen LogP contribution in [0, 0.1) is 30.3 Å². The SMILES string of the molecule is CN(C)C=O.O=[N+]([O-])c1ccc(NC(=S)NCC[NH+](CCNC(=S)Nc2ccc([N+](=O)[O-])cc2)CCNC(=S)Nc2ccc([N+](=O)[O-])cc2)cc1.[Cl-]. The summed E-state index contributed by atoms with van der Waals surface area (Å²) in [4.78, 5) is 43.2. The number of nitro groups is 3. The molecular weight excluding hydrogens is 758 g/mol. The third kappa shape index (κ3) is 18.1. The van der Waals surface area contributed by atoms with E-state index in [2.05, 4.69) is 31.9 Å². The average molecular weight is 796 g/mol. The van der Waals surface area contributed by atoms with Crippen LogP contribution in [0.4, 0.5) is 34.1 Å². The van der Waals surface area contributed by atoms with E-state index >= 15 is 0 Å². The first kappa shape index (κ1) is 44.7. The summed E-state index contributed by atoms with van der Waals surface area (Å²) in [5.74, 6) is 0. The Morgan fingerprint density at radius 2 is 0.827 bits per heavy atom. The summed E-state index contributed by atoms with van der Waals surface area (Å²) in [6.45, 7) is 3.55. The number of nitro benzene ring substituents is 3. The number of hydrogen-bond donors (Lipinski definition) is 7. The first-order chi connectivity index (χ1) is 24.3. The van der Waals surface area contributed by atoms with Gasteiger partial charge in [-0.2, -0.15) is 0 Å². The van der Waals surface area contributed by atoms with Crippen LogP contribution in [0.5, 0.6) is 0 Å². The largest absolute Gasteiger partial charge is 1.00 e. The number of rotatable bonds is 16. The highest BCUT2D eigenvalue weighted by Gasteiger charge is 2.12. The van der Waals surface area contributed by atoms with Gasteiger partial charge in [0.15, 0.2) is 15.3 Å². The first-order valence-electron chi connectivity index (χ1n) is 15.1. The number of nitrogens with one attached hydrogen (secondary N) is 7. The molecule has 0 radical (unpaired) electrons. The van der Waals surface area contributed by atoms with Crippen molar-refractivity contribution in [3.05, 3.63) is 103 Å². The molecule has 0 spiro atoms. The molecule has 18 nitrogen and oxygen atoms in total. The summed E-state index contributed by atoms with van der Waals surface area (Å²) >= 11 is 16.1. The first-order valence-corrected chi connectivity index (χ1v) is 16.3. The molecule has 3 aromatic rings. The fourth-order valence-electron chi connectivity index (χ4n) is 3.96. The highest BCUT2D eigenvalue weighted by molar-refractivity contribution is 7.80. The van der Waals surface area contributed by atoms with Crippen molar-refractivity contribution in [2.45, 2.75) is 0 Å². The van der Waals surface area contributed by atoms with Crippen LogP contribution in [0.2, 0.25) is 0 Å². The number of carbonyl (C=O) groups is 1. The van der Waals surface area contributed by atoms with Crippen LogP contribution in [0.3, 0.4) is 0 Å². The molecule has 0 aromatic heterocycles. The number of amides is 1. The summed E-state index contributed by atoms with van der Waals surface area (Å²) in [7, 11) is 3.38. The van der Waals surface area contributed by atoms with E-state index < -0.39 is 14.8 Å². The van der Waals surface area contributed by atoms with Gasteiger partial charge in [0.25, 0.3) is 17.1 Å². The molecule has 0 fully saturated rings. The van der Waals surface area contributed by atoms with E-state index in [1.54, 1.807) is 50.5 Å². The molecule has 0 atom stereocenters. The van der Waals surface area contributed by atoms with Crippen LogP contribution in [-0.2, 0) is 4.79 Å². The van der Waals surface area contributed by atoms with E-state index in [9.17, 15) is 35.1 Å². The van der Waals surface area contributed by atoms with Crippen LogP contribution >= 0.6 is 36.7 Å². The zero-order chi connectivity index (χ0) is 37.8. The number of hydrogen-bond acceptors (Lipinski definition) is 10. The number of benzene rings is 3. The van der Waals surface area contributed by atoms with Crippen molar-refractivity contribution in [1.29, 1.82) is 0 Å². The fourth-order valence-corrected chi connectivity index (χ4v) is 4.62. The number of carbonyl (C=O) groups excluding carboxylic acids is 1. The normalized spacial score (nSPS) is 9.83. The average Bonchev–Trinajstić information content (AvgIpc) is 3.09. The van der Waals surface area contributed by atoms with Gasteiger partial charge in [-0.15, -0.1) is 0 Å². The molecule has 0 aliphatic rings. The monoisotopic (exact) mass is 795 g/mol. The Morgan fingerprint density at radius 3 is 1.02 bits per heavy atom. The Bertz CT molecular complexity index is 1470. The highest BCUT2D eigenvalue weighted by Crippen LogP contribution is 2.17. The van der Waals surface area contributed by atoms with Gasteiger partial charge in [-0.25, -0.2) is 0 Å². The number of thiocarbonyl (C=S) groups is 3. The Morgan fingerprint density at radius 1 is 0.596 bits per heavy atom. The zero-order valence-corrected chi connectivity index (χ0v) is 31.2.